The van der Waals surface area contributed by atoms with Crippen molar-refractivity contribution < 1.29 is 0 Å². The standard InChI is InChI=1S/C13H24N6.HI/c1-3-14-13(18-11-7-5-4-6-8-11)15-9-12-16-10-17-19(12)2;/h10-11H,3-9H2,1-2H3,(H2,14,15,18);1H. The number of nitrogens with zero attached hydrogens (tertiary/aromatic N) is 4. The monoisotopic (exact) mass is 392 g/mol. The molecule has 2 rings (SSSR count). The van der Waals surface area contributed by atoms with Crippen molar-refractivity contribution in [1.82, 2.24) is 25.4 Å². The predicted molar refractivity (Wildman–Crippen MR) is 91.2 cm³/mol. The lowest BCUT2D eigenvalue weighted by Gasteiger charge is -2.24. The molecule has 0 aromatic carbocycles. The maximum absolute atomic E-state index is 4.58. The zero-order valence-electron chi connectivity index (χ0n) is 12.3. The molecule has 7 heteroatoms. The van der Waals surface area contributed by atoms with Gasteiger partial charge in [-0.3, -0.25) is 4.68 Å². The van der Waals surface area contributed by atoms with E-state index in [1.165, 1.54) is 32.1 Å². The normalized spacial score (nSPS) is 16.6. The van der Waals surface area contributed by atoms with Crippen LogP contribution in [0.25, 0.3) is 0 Å². The van der Waals surface area contributed by atoms with E-state index in [0.29, 0.717) is 12.6 Å². The van der Waals surface area contributed by atoms with Crippen LogP contribution in [-0.2, 0) is 13.6 Å². The van der Waals surface area contributed by atoms with Crippen LogP contribution < -0.4 is 10.6 Å². The van der Waals surface area contributed by atoms with Crippen LogP contribution in [0.1, 0.15) is 44.9 Å². The molecule has 1 aliphatic rings. The highest BCUT2D eigenvalue weighted by Crippen LogP contribution is 2.17. The summed E-state index contributed by atoms with van der Waals surface area (Å²) in [5, 5.41) is 10.9. The molecule has 0 bridgehead atoms. The SMILES string of the molecule is CCNC(=NCc1ncnn1C)NC1CCCCC1.I. The van der Waals surface area contributed by atoms with E-state index < -0.39 is 0 Å². The number of nitrogens with one attached hydrogen (secondary N) is 2. The van der Waals surface area contributed by atoms with Crippen LogP contribution >= 0.6 is 24.0 Å². The van der Waals surface area contributed by atoms with Crippen LogP contribution in [0, 0.1) is 0 Å². The summed E-state index contributed by atoms with van der Waals surface area (Å²) < 4.78 is 1.76. The van der Waals surface area contributed by atoms with Crippen molar-refractivity contribution in [2.75, 3.05) is 6.54 Å². The molecular formula is C13H25IN6. The van der Waals surface area contributed by atoms with Gasteiger partial charge in [0.1, 0.15) is 18.7 Å². The zero-order valence-corrected chi connectivity index (χ0v) is 14.6. The molecule has 0 atom stereocenters. The number of rotatable bonds is 4. The van der Waals surface area contributed by atoms with Crippen molar-refractivity contribution in [3.05, 3.63) is 12.2 Å². The lowest BCUT2D eigenvalue weighted by atomic mass is 9.96. The van der Waals surface area contributed by atoms with Crippen molar-refractivity contribution >= 4 is 29.9 Å². The minimum atomic E-state index is 0. The largest absolute Gasteiger partial charge is 0.357 e. The Morgan fingerprint density at radius 1 is 1.40 bits per heavy atom. The molecule has 1 aromatic rings. The third kappa shape index (κ3) is 5.26. The number of hydrogen-bond donors (Lipinski definition) is 2. The zero-order chi connectivity index (χ0) is 13.5. The first-order valence-corrected chi connectivity index (χ1v) is 7.17. The molecule has 114 valence electrons. The van der Waals surface area contributed by atoms with Crippen molar-refractivity contribution in [2.24, 2.45) is 12.0 Å². The molecule has 1 saturated carbocycles. The molecule has 0 spiro atoms. The Bertz CT molecular complexity index is 411. The maximum Gasteiger partial charge on any atom is 0.191 e. The van der Waals surface area contributed by atoms with E-state index in [9.17, 15) is 0 Å². The summed E-state index contributed by atoms with van der Waals surface area (Å²) in [5.41, 5.74) is 0. The second-order valence-electron chi connectivity index (χ2n) is 4.97. The number of aryl methyl sites for hydroxylation is 1. The predicted octanol–water partition coefficient (Wildman–Crippen LogP) is 1.82. The van der Waals surface area contributed by atoms with E-state index in [2.05, 4.69) is 32.6 Å². The Morgan fingerprint density at radius 2 is 2.15 bits per heavy atom. The van der Waals surface area contributed by atoms with Gasteiger partial charge in [0, 0.05) is 19.6 Å². The van der Waals surface area contributed by atoms with Crippen molar-refractivity contribution in [1.29, 1.82) is 0 Å². The Balaban J connectivity index is 0.00000200. The highest BCUT2D eigenvalue weighted by atomic mass is 127. The Morgan fingerprint density at radius 3 is 2.75 bits per heavy atom. The third-order valence-electron chi connectivity index (χ3n) is 3.47. The highest BCUT2D eigenvalue weighted by molar-refractivity contribution is 14.0. The number of aliphatic imine (C=N–C) groups is 1. The molecule has 0 saturated heterocycles. The molecular weight excluding hydrogens is 367 g/mol. The number of guanidine groups is 1. The van der Waals surface area contributed by atoms with Crippen LogP contribution in [0.15, 0.2) is 11.3 Å². The fourth-order valence-electron chi connectivity index (χ4n) is 2.37. The second kappa shape index (κ2) is 9.15. The first-order valence-electron chi connectivity index (χ1n) is 7.17. The topological polar surface area (TPSA) is 67.1 Å². The minimum absolute atomic E-state index is 0. The van der Waals surface area contributed by atoms with Crippen LogP contribution in [0.3, 0.4) is 0 Å². The number of aromatic nitrogens is 3. The first-order chi connectivity index (χ1) is 9.29. The van der Waals surface area contributed by atoms with Crippen LogP contribution in [0.4, 0.5) is 0 Å². The van der Waals surface area contributed by atoms with E-state index in [4.69, 9.17) is 0 Å². The molecule has 0 unspecified atom stereocenters. The Kier molecular flexibility index (Phi) is 7.86. The van der Waals surface area contributed by atoms with Crippen molar-refractivity contribution in [3.8, 4) is 0 Å². The molecule has 6 nitrogen and oxygen atoms in total. The average Bonchev–Trinajstić information content (AvgIpc) is 2.83. The highest BCUT2D eigenvalue weighted by Gasteiger charge is 2.14. The average molecular weight is 392 g/mol. The summed E-state index contributed by atoms with van der Waals surface area (Å²) >= 11 is 0. The van der Waals surface area contributed by atoms with Gasteiger partial charge >= 0.3 is 0 Å². The van der Waals surface area contributed by atoms with Gasteiger partial charge in [-0.1, -0.05) is 19.3 Å². The van der Waals surface area contributed by atoms with E-state index >= 15 is 0 Å². The van der Waals surface area contributed by atoms with Gasteiger partial charge < -0.3 is 10.6 Å². The van der Waals surface area contributed by atoms with Crippen LogP contribution in [0.2, 0.25) is 0 Å². The summed E-state index contributed by atoms with van der Waals surface area (Å²) in [6, 6.07) is 0.561. The quantitative estimate of drug-likeness (QED) is 0.466. The molecule has 0 radical (unpaired) electrons. The van der Waals surface area contributed by atoms with Gasteiger partial charge in [0.2, 0.25) is 0 Å². The van der Waals surface area contributed by atoms with Crippen LogP contribution in [0.5, 0.6) is 0 Å². The van der Waals surface area contributed by atoms with E-state index in [1.807, 2.05) is 7.05 Å². The van der Waals surface area contributed by atoms with E-state index in [1.54, 1.807) is 11.0 Å². The van der Waals surface area contributed by atoms with Gasteiger partial charge in [0.15, 0.2) is 5.96 Å². The Hall–Kier alpha value is -0.860. The number of halogens is 1. The first kappa shape index (κ1) is 17.2. The van der Waals surface area contributed by atoms with Crippen LogP contribution in [-0.4, -0.2) is 33.3 Å². The lowest BCUT2D eigenvalue weighted by molar-refractivity contribution is 0.410. The van der Waals surface area contributed by atoms with Gasteiger partial charge in [-0.15, -0.1) is 24.0 Å². The molecule has 1 heterocycles. The van der Waals surface area contributed by atoms with Gasteiger partial charge in [-0.2, -0.15) is 5.10 Å². The molecule has 0 amide bonds. The summed E-state index contributed by atoms with van der Waals surface area (Å²) in [5.74, 6) is 1.76. The van der Waals surface area contributed by atoms with E-state index in [-0.39, 0.29) is 24.0 Å². The van der Waals surface area contributed by atoms with E-state index in [0.717, 1.165) is 18.3 Å². The summed E-state index contributed by atoms with van der Waals surface area (Å²) in [7, 11) is 1.89. The molecule has 2 N–H and O–H groups in total. The number of hydrogen-bond acceptors (Lipinski definition) is 3. The molecule has 1 aliphatic carbocycles. The van der Waals surface area contributed by atoms with Gasteiger partial charge in [0.05, 0.1) is 0 Å². The third-order valence-corrected chi connectivity index (χ3v) is 3.47. The summed E-state index contributed by atoms with van der Waals surface area (Å²) in [6.07, 6.45) is 8.06. The molecule has 0 aliphatic heterocycles. The van der Waals surface area contributed by atoms with Gasteiger partial charge in [-0.05, 0) is 19.8 Å². The summed E-state index contributed by atoms with van der Waals surface area (Å²) in [4.78, 5) is 8.77. The van der Waals surface area contributed by atoms with Crippen molar-refractivity contribution in [3.63, 3.8) is 0 Å². The second-order valence-corrected chi connectivity index (χ2v) is 4.97. The lowest BCUT2D eigenvalue weighted by Crippen LogP contribution is -2.44. The maximum atomic E-state index is 4.58. The Labute approximate surface area is 137 Å². The molecule has 20 heavy (non-hydrogen) atoms. The minimum Gasteiger partial charge on any atom is -0.357 e. The fourth-order valence-corrected chi connectivity index (χ4v) is 2.37. The molecule has 1 aromatic heterocycles. The summed E-state index contributed by atoms with van der Waals surface area (Å²) in [6.45, 7) is 3.51. The van der Waals surface area contributed by atoms with Gasteiger partial charge in [-0.25, -0.2) is 9.98 Å². The fraction of sp³-hybridized carbons (Fsp3) is 0.769. The smallest absolute Gasteiger partial charge is 0.191 e. The molecule has 1 fully saturated rings. The van der Waals surface area contributed by atoms with Crippen molar-refractivity contribution in [2.45, 2.75) is 51.6 Å². The van der Waals surface area contributed by atoms with Gasteiger partial charge in [0.25, 0.3) is 0 Å².